The zero-order chi connectivity index (χ0) is 13.7. The van der Waals surface area contributed by atoms with Crippen LogP contribution < -0.4 is 0 Å². The first-order chi connectivity index (χ1) is 9.19. The van der Waals surface area contributed by atoms with E-state index in [2.05, 4.69) is 0 Å². The van der Waals surface area contributed by atoms with Crippen LogP contribution in [0.3, 0.4) is 0 Å². The van der Waals surface area contributed by atoms with E-state index >= 15 is 0 Å². The number of morpholine rings is 1. The lowest BCUT2D eigenvalue weighted by Gasteiger charge is -2.31. The molecule has 1 aromatic carbocycles. The second-order valence-electron chi connectivity index (χ2n) is 4.71. The molecule has 1 saturated heterocycles. The van der Waals surface area contributed by atoms with Crippen molar-refractivity contribution >= 4 is 12.0 Å². The van der Waals surface area contributed by atoms with E-state index in [4.69, 9.17) is 9.84 Å². The van der Waals surface area contributed by atoms with Crippen LogP contribution in [0.2, 0.25) is 0 Å². The molecular weight excluding hydrogens is 242 g/mol. The molecule has 0 spiro atoms. The standard InChI is InChI=1S/C15H19NO3/c1-12-3-2-4-13(9-12)5-6-15(18)16-7-8-19-14(10-16)11-17/h2-6,9,14,17H,7-8,10-11H2,1H3/b6-5+. The van der Waals surface area contributed by atoms with E-state index in [0.717, 1.165) is 5.56 Å². The minimum absolute atomic E-state index is 0.0387. The van der Waals surface area contributed by atoms with Gasteiger partial charge in [0.2, 0.25) is 5.91 Å². The van der Waals surface area contributed by atoms with Gasteiger partial charge < -0.3 is 14.7 Å². The van der Waals surface area contributed by atoms with Gasteiger partial charge in [-0.3, -0.25) is 4.79 Å². The van der Waals surface area contributed by atoms with Crippen LogP contribution in [-0.2, 0) is 9.53 Å². The Morgan fingerprint density at radius 3 is 3.16 bits per heavy atom. The number of hydrogen-bond donors (Lipinski definition) is 1. The molecule has 4 nitrogen and oxygen atoms in total. The lowest BCUT2D eigenvalue weighted by atomic mass is 10.1. The van der Waals surface area contributed by atoms with Crippen LogP contribution in [0.1, 0.15) is 11.1 Å². The quantitative estimate of drug-likeness (QED) is 0.833. The van der Waals surface area contributed by atoms with Gasteiger partial charge in [-0.1, -0.05) is 29.8 Å². The third-order valence-electron chi connectivity index (χ3n) is 3.11. The summed E-state index contributed by atoms with van der Waals surface area (Å²) in [5, 5.41) is 9.05. The van der Waals surface area contributed by atoms with Crippen LogP contribution in [-0.4, -0.2) is 48.3 Å². The summed E-state index contributed by atoms with van der Waals surface area (Å²) in [5.74, 6) is -0.0387. The highest BCUT2D eigenvalue weighted by molar-refractivity contribution is 5.91. The van der Waals surface area contributed by atoms with Gasteiger partial charge in [0, 0.05) is 19.2 Å². The Hall–Kier alpha value is -1.65. The van der Waals surface area contributed by atoms with Gasteiger partial charge in [0.05, 0.1) is 19.3 Å². The summed E-state index contributed by atoms with van der Waals surface area (Å²) in [5.41, 5.74) is 2.18. The van der Waals surface area contributed by atoms with E-state index in [-0.39, 0.29) is 18.6 Å². The molecule has 1 fully saturated rings. The number of amides is 1. The van der Waals surface area contributed by atoms with Crippen molar-refractivity contribution in [2.24, 2.45) is 0 Å². The van der Waals surface area contributed by atoms with Crippen molar-refractivity contribution in [1.82, 2.24) is 4.90 Å². The van der Waals surface area contributed by atoms with E-state index in [1.165, 1.54) is 5.56 Å². The van der Waals surface area contributed by atoms with Gasteiger partial charge in [0.15, 0.2) is 0 Å². The summed E-state index contributed by atoms with van der Waals surface area (Å²) in [7, 11) is 0. The SMILES string of the molecule is Cc1cccc(/C=C/C(=O)N2CCOC(CO)C2)c1. The van der Waals surface area contributed by atoms with E-state index in [1.54, 1.807) is 11.0 Å². The Labute approximate surface area is 113 Å². The highest BCUT2D eigenvalue weighted by atomic mass is 16.5. The molecule has 1 unspecified atom stereocenters. The number of carbonyl (C=O) groups is 1. The second kappa shape index (κ2) is 6.50. The largest absolute Gasteiger partial charge is 0.394 e. The van der Waals surface area contributed by atoms with Crippen LogP contribution >= 0.6 is 0 Å². The highest BCUT2D eigenvalue weighted by Gasteiger charge is 2.21. The molecule has 0 radical (unpaired) electrons. The Balaban J connectivity index is 1.96. The first-order valence-electron chi connectivity index (χ1n) is 6.45. The number of hydrogen-bond acceptors (Lipinski definition) is 3. The van der Waals surface area contributed by atoms with Crippen LogP contribution in [0.25, 0.3) is 6.08 Å². The third-order valence-corrected chi connectivity index (χ3v) is 3.11. The molecule has 19 heavy (non-hydrogen) atoms. The molecular formula is C15H19NO3. The van der Waals surface area contributed by atoms with Gasteiger partial charge in [-0.15, -0.1) is 0 Å². The summed E-state index contributed by atoms with van der Waals surface area (Å²) in [6.07, 6.45) is 3.14. The lowest BCUT2D eigenvalue weighted by molar-refractivity contribution is -0.134. The highest BCUT2D eigenvalue weighted by Crippen LogP contribution is 2.08. The summed E-state index contributed by atoms with van der Waals surface area (Å²) in [4.78, 5) is 13.7. The van der Waals surface area contributed by atoms with Gasteiger partial charge in [-0.25, -0.2) is 0 Å². The molecule has 1 aromatic rings. The van der Waals surface area contributed by atoms with Crippen molar-refractivity contribution in [1.29, 1.82) is 0 Å². The molecule has 0 saturated carbocycles. The van der Waals surface area contributed by atoms with Crippen LogP contribution in [0.5, 0.6) is 0 Å². The number of benzene rings is 1. The van der Waals surface area contributed by atoms with Crippen molar-refractivity contribution < 1.29 is 14.6 Å². The molecule has 1 amide bonds. The molecule has 0 bridgehead atoms. The van der Waals surface area contributed by atoms with Crippen molar-refractivity contribution in [3.63, 3.8) is 0 Å². The van der Waals surface area contributed by atoms with E-state index in [0.29, 0.717) is 19.7 Å². The maximum absolute atomic E-state index is 12.0. The van der Waals surface area contributed by atoms with E-state index in [9.17, 15) is 4.79 Å². The molecule has 102 valence electrons. The van der Waals surface area contributed by atoms with Crippen LogP contribution in [0, 0.1) is 6.92 Å². The first-order valence-corrected chi connectivity index (χ1v) is 6.45. The smallest absolute Gasteiger partial charge is 0.246 e. The first kappa shape index (κ1) is 13.8. The normalized spacial score (nSPS) is 19.9. The molecule has 1 aliphatic rings. The lowest BCUT2D eigenvalue weighted by Crippen LogP contribution is -2.46. The fourth-order valence-corrected chi connectivity index (χ4v) is 2.08. The molecule has 4 heteroatoms. The summed E-state index contributed by atoms with van der Waals surface area (Å²) in [6.45, 7) is 3.48. The monoisotopic (exact) mass is 261 g/mol. The van der Waals surface area contributed by atoms with Crippen molar-refractivity contribution in [2.75, 3.05) is 26.3 Å². The van der Waals surface area contributed by atoms with Gasteiger partial charge in [0.1, 0.15) is 0 Å². The van der Waals surface area contributed by atoms with Gasteiger partial charge in [-0.2, -0.15) is 0 Å². The maximum atomic E-state index is 12.0. The number of aryl methyl sites for hydroxylation is 1. The Morgan fingerprint density at radius 1 is 1.58 bits per heavy atom. The Kier molecular flexibility index (Phi) is 4.71. The number of rotatable bonds is 3. The van der Waals surface area contributed by atoms with Crippen LogP contribution in [0.4, 0.5) is 0 Å². The average Bonchev–Trinajstić information content (AvgIpc) is 2.45. The van der Waals surface area contributed by atoms with Gasteiger partial charge >= 0.3 is 0 Å². The zero-order valence-electron chi connectivity index (χ0n) is 11.1. The summed E-state index contributed by atoms with van der Waals surface area (Å²) in [6, 6.07) is 7.98. The molecule has 1 N–H and O–H groups in total. The predicted octanol–water partition coefficient (Wildman–Crippen LogP) is 1.23. The minimum Gasteiger partial charge on any atom is -0.394 e. The number of aliphatic hydroxyl groups excluding tert-OH is 1. The maximum Gasteiger partial charge on any atom is 0.246 e. The zero-order valence-corrected chi connectivity index (χ0v) is 11.1. The molecule has 1 atom stereocenters. The van der Waals surface area contributed by atoms with E-state index < -0.39 is 0 Å². The number of ether oxygens (including phenoxy) is 1. The third kappa shape index (κ3) is 3.91. The average molecular weight is 261 g/mol. The number of carbonyl (C=O) groups excluding carboxylic acids is 1. The number of aliphatic hydroxyl groups is 1. The Bertz CT molecular complexity index is 470. The molecule has 0 aliphatic carbocycles. The molecule has 0 aromatic heterocycles. The number of nitrogens with zero attached hydrogens (tertiary/aromatic N) is 1. The second-order valence-corrected chi connectivity index (χ2v) is 4.71. The van der Waals surface area contributed by atoms with Crippen molar-refractivity contribution in [3.05, 3.63) is 41.5 Å². The molecule has 1 aliphatic heterocycles. The van der Waals surface area contributed by atoms with Crippen LogP contribution in [0.15, 0.2) is 30.3 Å². The summed E-state index contributed by atoms with van der Waals surface area (Å²) >= 11 is 0. The minimum atomic E-state index is -0.259. The Morgan fingerprint density at radius 2 is 2.42 bits per heavy atom. The molecule has 2 rings (SSSR count). The van der Waals surface area contributed by atoms with Crippen molar-refractivity contribution in [2.45, 2.75) is 13.0 Å². The van der Waals surface area contributed by atoms with Crippen molar-refractivity contribution in [3.8, 4) is 0 Å². The fourth-order valence-electron chi connectivity index (χ4n) is 2.08. The predicted molar refractivity (Wildman–Crippen MR) is 73.6 cm³/mol. The summed E-state index contributed by atoms with van der Waals surface area (Å²) < 4.78 is 5.32. The topological polar surface area (TPSA) is 49.8 Å². The molecule has 1 heterocycles. The van der Waals surface area contributed by atoms with Gasteiger partial charge in [-0.05, 0) is 18.6 Å². The van der Waals surface area contributed by atoms with Gasteiger partial charge in [0.25, 0.3) is 0 Å². The fraction of sp³-hybridized carbons (Fsp3) is 0.400. The van der Waals surface area contributed by atoms with E-state index in [1.807, 2.05) is 37.3 Å².